The largest absolute Gasteiger partial charge is 0.347 e. The molecule has 40 heavy (non-hydrogen) atoms. The number of carbonyl (C=O) groups is 2. The molecule has 1 unspecified atom stereocenters. The smallest absolute Gasteiger partial charge is 0.253 e. The van der Waals surface area contributed by atoms with Crippen LogP contribution < -0.4 is 5.32 Å². The summed E-state index contributed by atoms with van der Waals surface area (Å²) in [6.07, 6.45) is 3.18. The number of rotatable bonds is 7. The van der Waals surface area contributed by atoms with Crippen LogP contribution >= 0.6 is 0 Å². The van der Waals surface area contributed by atoms with Crippen molar-refractivity contribution in [2.24, 2.45) is 0 Å². The fraction of sp³-hybridized carbons (Fsp3) is 0.242. The van der Waals surface area contributed by atoms with Gasteiger partial charge in [0.25, 0.3) is 5.91 Å². The van der Waals surface area contributed by atoms with Gasteiger partial charge in [0.2, 0.25) is 5.91 Å². The van der Waals surface area contributed by atoms with Crippen molar-refractivity contribution in [2.75, 3.05) is 13.1 Å². The predicted molar refractivity (Wildman–Crippen MR) is 150 cm³/mol. The highest BCUT2D eigenvalue weighted by Crippen LogP contribution is 2.37. The van der Waals surface area contributed by atoms with Crippen LogP contribution in [0.5, 0.6) is 0 Å². The maximum absolute atomic E-state index is 13.9. The van der Waals surface area contributed by atoms with Gasteiger partial charge in [-0.05, 0) is 84.5 Å². The number of amides is 2. The van der Waals surface area contributed by atoms with Crippen LogP contribution in [0.2, 0.25) is 0 Å². The number of benzene rings is 3. The summed E-state index contributed by atoms with van der Waals surface area (Å²) in [6, 6.07) is 24.9. The van der Waals surface area contributed by atoms with Crippen LogP contribution in [0, 0.1) is 11.6 Å². The molecule has 1 atom stereocenters. The first-order valence-electron chi connectivity index (χ1n) is 13.5. The molecule has 1 fully saturated rings. The summed E-state index contributed by atoms with van der Waals surface area (Å²) in [5.41, 5.74) is 2.91. The second-order valence-electron chi connectivity index (χ2n) is 10.2. The molecule has 5 rings (SSSR count). The Morgan fingerprint density at radius 2 is 1.43 bits per heavy atom. The van der Waals surface area contributed by atoms with Gasteiger partial charge in [-0.15, -0.1) is 0 Å². The standard InChI is InChI=1S/C33H31F2N3O2/c1-2-29(30-5-3-4-20-36-30)37-32(40)33(26-12-16-28(35)17-13-26)18-21-38(22-19-33)31(39)25-8-6-23(7-9-25)24-10-14-27(34)15-11-24/h3-17,20,29H,2,18-19,21-22H2,1H3,(H,37,40). The maximum Gasteiger partial charge on any atom is 0.253 e. The third-order valence-corrected chi connectivity index (χ3v) is 7.80. The molecular weight excluding hydrogens is 508 g/mol. The van der Waals surface area contributed by atoms with Crippen molar-refractivity contribution in [3.63, 3.8) is 0 Å². The SMILES string of the molecule is CCC(NC(=O)C1(c2ccc(F)cc2)CCN(C(=O)c2ccc(-c3ccc(F)cc3)cc2)CC1)c1ccccn1. The Balaban J connectivity index is 1.34. The molecule has 2 heterocycles. The van der Waals surface area contributed by atoms with E-state index in [2.05, 4.69) is 10.3 Å². The van der Waals surface area contributed by atoms with Gasteiger partial charge in [-0.25, -0.2) is 8.78 Å². The number of aromatic nitrogens is 1. The molecule has 1 aromatic heterocycles. The number of likely N-dealkylation sites (tertiary alicyclic amines) is 1. The second kappa shape index (κ2) is 11.8. The summed E-state index contributed by atoms with van der Waals surface area (Å²) < 4.78 is 27.1. The molecule has 0 bridgehead atoms. The molecule has 3 aromatic carbocycles. The van der Waals surface area contributed by atoms with Gasteiger partial charge in [0.15, 0.2) is 0 Å². The Labute approximate surface area is 232 Å². The first-order chi connectivity index (χ1) is 19.4. The predicted octanol–water partition coefficient (Wildman–Crippen LogP) is 6.47. The van der Waals surface area contributed by atoms with Crippen molar-refractivity contribution in [1.82, 2.24) is 15.2 Å². The topological polar surface area (TPSA) is 62.3 Å². The lowest BCUT2D eigenvalue weighted by molar-refractivity contribution is -0.129. The maximum atomic E-state index is 13.9. The number of pyridine rings is 1. The zero-order valence-corrected chi connectivity index (χ0v) is 22.3. The van der Waals surface area contributed by atoms with Crippen LogP contribution in [0.1, 0.15) is 53.8 Å². The van der Waals surface area contributed by atoms with E-state index in [1.54, 1.807) is 47.5 Å². The fourth-order valence-corrected chi connectivity index (χ4v) is 5.40. The number of halogens is 2. The van der Waals surface area contributed by atoms with E-state index in [0.717, 1.165) is 22.4 Å². The third-order valence-electron chi connectivity index (χ3n) is 7.80. The quantitative estimate of drug-likeness (QED) is 0.293. The van der Waals surface area contributed by atoms with Crippen molar-refractivity contribution < 1.29 is 18.4 Å². The monoisotopic (exact) mass is 539 g/mol. The molecule has 7 heteroatoms. The first kappa shape index (κ1) is 27.2. The third kappa shape index (κ3) is 5.64. The van der Waals surface area contributed by atoms with Crippen LogP contribution in [0.25, 0.3) is 11.1 Å². The summed E-state index contributed by atoms with van der Waals surface area (Å²) in [6.45, 7) is 2.75. The van der Waals surface area contributed by atoms with Crippen molar-refractivity contribution in [3.05, 3.63) is 126 Å². The number of carbonyl (C=O) groups excluding carboxylic acids is 2. The molecule has 1 N–H and O–H groups in total. The molecule has 1 aliphatic rings. The number of nitrogens with zero attached hydrogens (tertiary/aromatic N) is 2. The van der Waals surface area contributed by atoms with Gasteiger partial charge in [0.05, 0.1) is 17.2 Å². The highest BCUT2D eigenvalue weighted by Gasteiger charge is 2.44. The summed E-state index contributed by atoms with van der Waals surface area (Å²) in [4.78, 5) is 33.5. The molecule has 0 spiro atoms. The average molecular weight is 540 g/mol. The van der Waals surface area contributed by atoms with Crippen LogP contribution in [-0.2, 0) is 10.2 Å². The van der Waals surface area contributed by atoms with Crippen LogP contribution in [0.3, 0.4) is 0 Å². The van der Waals surface area contributed by atoms with E-state index >= 15 is 0 Å². The molecule has 1 aliphatic heterocycles. The Morgan fingerprint density at radius 3 is 1.98 bits per heavy atom. The Kier molecular flexibility index (Phi) is 8.01. The van der Waals surface area contributed by atoms with E-state index in [9.17, 15) is 18.4 Å². The minimum absolute atomic E-state index is 0.112. The molecule has 5 nitrogen and oxygen atoms in total. The normalized spacial score (nSPS) is 15.3. The Bertz CT molecular complexity index is 1450. The Hall–Kier alpha value is -4.39. The van der Waals surface area contributed by atoms with E-state index in [4.69, 9.17) is 0 Å². The van der Waals surface area contributed by atoms with E-state index in [-0.39, 0.29) is 29.5 Å². The lowest BCUT2D eigenvalue weighted by Crippen LogP contribution is -2.53. The van der Waals surface area contributed by atoms with E-state index in [1.807, 2.05) is 37.3 Å². The average Bonchev–Trinajstić information content (AvgIpc) is 3.00. The van der Waals surface area contributed by atoms with Crippen molar-refractivity contribution >= 4 is 11.8 Å². The van der Waals surface area contributed by atoms with Crippen molar-refractivity contribution in [2.45, 2.75) is 37.6 Å². The zero-order valence-electron chi connectivity index (χ0n) is 22.3. The van der Waals surface area contributed by atoms with Gasteiger partial charge >= 0.3 is 0 Å². The second-order valence-corrected chi connectivity index (χ2v) is 10.2. The van der Waals surface area contributed by atoms with Gasteiger partial charge < -0.3 is 10.2 Å². The van der Waals surface area contributed by atoms with Crippen LogP contribution in [0.4, 0.5) is 8.78 Å². The van der Waals surface area contributed by atoms with Gasteiger partial charge in [-0.2, -0.15) is 0 Å². The summed E-state index contributed by atoms with van der Waals surface area (Å²) in [7, 11) is 0. The Morgan fingerprint density at radius 1 is 0.850 bits per heavy atom. The minimum atomic E-state index is -0.904. The highest BCUT2D eigenvalue weighted by atomic mass is 19.1. The molecule has 1 saturated heterocycles. The van der Waals surface area contributed by atoms with E-state index < -0.39 is 5.41 Å². The molecule has 4 aromatic rings. The molecule has 0 saturated carbocycles. The van der Waals surface area contributed by atoms with Crippen LogP contribution in [-0.4, -0.2) is 34.8 Å². The van der Waals surface area contributed by atoms with Gasteiger partial charge in [0, 0.05) is 24.8 Å². The fourth-order valence-electron chi connectivity index (χ4n) is 5.40. The van der Waals surface area contributed by atoms with Crippen molar-refractivity contribution in [3.8, 4) is 11.1 Å². The van der Waals surface area contributed by atoms with Gasteiger partial charge in [-0.3, -0.25) is 14.6 Å². The number of nitrogens with one attached hydrogen (secondary N) is 1. The first-order valence-corrected chi connectivity index (χ1v) is 13.5. The molecule has 204 valence electrons. The number of piperidine rings is 1. The number of hydrogen-bond acceptors (Lipinski definition) is 3. The summed E-state index contributed by atoms with van der Waals surface area (Å²) >= 11 is 0. The minimum Gasteiger partial charge on any atom is -0.347 e. The summed E-state index contributed by atoms with van der Waals surface area (Å²) in [5.74, 6) is -0.921. The van der Waals surface area contributed by atoms with E-state index in [1.165, 1.54) is 24.3 Å². The van der Waals surface area contributed by atoms with Gasteiger partial charge in [-0.1, -0.05) is 49.4 Å². The van der Waals surface area contributed by atoms with Crippen molar-refractivity contribution in [1.29, 1.82) is 0 Å². The number of hydrogen-bond donors (Lipinski definition) is 1. The zero-order chi connectivity index (χ0) is 28.1. The van der Waals surface area contributed by atoms with Gasteiger partial charge in [0.1, 0.15) is 11.6 Å². The summed E-state index contributed by atoms with van der Waals surface area (Å²) in [5, 5.41) is 3.19. The lowest BCUT2D eigenvalue weighted by atomic mass is 9.71. The lowest BCUT2D eigenvalue weighted by Gasteiger charge is -2.41. The molecule has 0 aliphatic carbocycles. The highest BCUT2D eigenvalue weighted by molar-refractivity contribution is 5.95. The van der Waals surface area contributed by atoms with E-state index in [0.29, 0.717) is 37.9 Å². The molecule has 0 radical (unpaired) electrons. The molecule has 2 amide bonds. The van der Waals surface area contributed by atoms with Crippen LogP contribution in [0.15, 0.2) is 97.2 Å². The molecular formula is C33H31F2N3O2.